The Morgan fingerprint density at radius 3 is 2.77 bits per heavy atom. The maximum atomic E-state index is 10.9. The number of hydrogen-bond donors (Lipinski definition) is 3. The molecule has 0 spiro atoms. The van der Waals surface area contributed by atoms with Gasteiger partial charge in [0.2, 0.25) is 0 Å². The highest BCUT2D eigenvalue weighted by molar-refractivity contribution is 6.30. The number of benzene rings is 1. The van der Waals surface area contributed by atoms with Crippen molar-refractivity contribution >= 4 is 28.7 Å². The monoisotopic (exact) mass is 322 g/mol. The van der Waals surface area contributed by atoms with Gasteiger partial charge in [0.25, 0.3) is 5.69 Å². The molecule has 0 saturated heterocycles. The van der Waals surface area contributed by atoms with E-state index in [0.717, 1.165) is 5.56 Å². The number of nitro groups is 1. The van der Waals surface area contributed by atoms with E-state index in [1.807, 2.05) is 6.07 Å². The Bertz CT molecular complexity index is 666. The van der Waals surface area contributed by atoms with Crippen LogP contribution in [0.3, 0.4) is 0 Å². The molecule has 0 radical (unpaired) electrons. The molecule has 22 heavy (non-hydrogen) atoms. The molecule has 2 aromatic rings. The number of nitrogens with one attached hydrogen (secondary N) is 2. The largest absolute Gasteiger partial charge is 0.395 e. The van der Waals surface area contributed by atoms with Gasteiger partial charge in [-0.05, 0) is 12.1 Å². The predicted octanol–water partition coefficient (Wildman–Crippen LogP) is 2.66. The minimum Gasteiger partial charge on any atom is -0.395 e. The Hall–Kier alpha value is -2.38. The first-order chi connectivity index (χ1) is 10.6. The summed E-state index contributed by atoms with van der Waals surface area (Å²) in [5, 5.41) is 26.3. The molecule has 0 amide bonds. The molecule has 1 aromatic heterocycles. The second kappa shape index (κ2) is 7.58. The van der Waals surface area contributed by atoms with E-state index in [1.165, 1.54) is 12.1 Å². The third-order valence-corrected chi connectivity index (χ3v) is 3.29. The van der Waals surface area contributed by atoms with Crippen LogP contribution in [0.2, 0.25) is 5.15 Å². The molecule has 0 aliphatic rings. The maximum absolute atomic E-state index is 10.9. The van der Waals surface area contributed by atoms with Gasteiger partial charge >= 0.3 is 0 Å². The van der Waals surface area contributed by atoms with Crippen molar-refractivity contribution in [2.75, 3.05) is 23.8 Å². The standard InChI is InChI=1S/C14H15ClN4O3/c15-14-10(2-1-5-17-14)9-18-13-8-11(19(21)22)3-4-12(13)16-6-7-20/h1-5,8,16,18,20H,6-7,9H2. The Morgan fingerprint density at radius 2 is 2.09 bits per heavy atom. The van der Waals surface area contributed by atoms with Crippen molar-refractivity contribution in [1.82, 2.24) is 4.98 Å². The zero-order chi connectivity index (χ0) is 15.9. The Labute approximate surface area is 132 Å². The molecule has 3 N–H and O–H groups in total. The van der Waals surface area contributed by atoms with E-state index in [-0.39, 0.29) is 12.3 Å². The number of aliphatic hydroxyl groups excluding tert-OH is 1. The van der Waals surface area contributed by atoms with Crippen LogP contribution in [0, 0.1) is 10.1 Å². The fourth-order valence-corrected chi connectivity index (χ4v) is 2.06. The number of aliphatic hydroxyl groups is 1. The third-order valence-electron chi connectivity index (χ3n) is 2.95. The summed E-state index contributed by atoms with van der Waals surface area (Å²) in [5.41, 5.74) is 1.99. The molecule has 2 rings (SSSR count). The van der Waals surface area contributed by atoms with Gasteiger partial charge in [-0.1, -0.05) is 17.7 Å². The lowest BCUT2D eigenvalue weighted by molar-refractivity contribution is -0.384. The Kier molecular flexibility index (Phi) is 5.51. The lowest BCUT2D eigenvalue weighted by Gasteiger charge is -2.13. The smallest absolute Gasteiger partial charge is 0.271 e. The first kappa shape index (κ1) is 16.0. The second-order valence-corrected chi connectivity index (χ2v) is 4.80. The van der Waals surface area contributed by atoms with Gasteiger partial charge in [-0.2, -0.15) is 0 Å². The zero-order valence-corrected chi connectivity index (χ0v) is 12.4. The summed E-state index contributed by atoms with van der Waals surface area (Å²) in [6, 6.07) is 8.02. The summed E-state index contributed by atoms with van der Waals surface area (Å²) in [6.07, 6.45) is 1.59. The normalized spacial score (nSPS) is 10.3. The van der Waals surface area contributed by atoms with Gasteiger partial charge in [-0.25, -0.2) is 4.98 Å². The number of nitrogens with zero attached hydrogens (tertiary/aromatic N) is 2. The Morgan fingerprint density at radius 1 is 1.27 bits per heavy atom. The lowest BCUT2D eigenvalue weighted by Crippen LogP contribution is -2.09. The SMILES string of the molecule is O=[N+]([O-])c1ccc(NCCO)c(NCc2cccnc2Cl)c1. The topological polar surface area (TPSA) is 100 Å². The quantitative estimate of drug-likeness (QED) is 0.411. The highest BCUT2D eigenvalue weighted by Gasteiger charge is 2.11. The fraction of sp³-hybridized carbons (Fsp3) is 0.214. The van der Waals surface area contributed by atoms with Gasteiger partial charge in [0.1, 0.15) is 5.15 Å². The van der Waals surface area contributed by atoms with Gasteiger partial charge < -0.3 is 15.7 Å². The summed E-state index contributed by atoms with van der Waals surface area (Å²) >= 11 is 5.99. The van der Waals surface area contributed by atoms with Crippen LogP contribution < -0.4 is 10.6 Å². The first-order valence-corrected chi connectivity index (χ1v) is 6.96. The molecule has 116 valence electrons. The zero-order valence-electron chi connectivity index (χ0n) is 11.6. The van der Waals surface area contributed by atoms with Crippen molar-refractivity contribution < 1.29 is 10.0 Å². The number of anilines is 2. The molecular formula is C14H15ClN4O3. The molecule has 0 aliphatic carbocycles. The van der Waals surface area contributed by atoms with E-state index in [0.29, 0.717) is 29.6 Å². The number of non-ortho nitro benzene ring substituents is 1. The van der Waals surface area contributed by atoms with Crippen molar-refractivity contribution in [3.05, 3.63) is 57.4 Å². The first-order valence-electron chi connectivity index (χ1n) is 6.58. The van der Waals surface area contributed by atoms with Gasteiger partial charge in [0.05, 0.1) is 22.9 Å². The van der Waals surface area contributed by atoms with E-state index in [4.69, 9.17) is 16.7 Å². The average molecular weight is 323 g/mol. The van der Waals surface area contributed by atoms with Crippen LogP contribution >= 0.6 is 11.6 Å². The molecule has 0 unspecified atom stereocenters. The average Bonchev–Trinajstić information content (AvgIpc) is 2.52. The molecule has 0 saturated carbocycles. The Balaban J connectivity index is 2.20. The van der Waals surface area contributed by atoms with Crippen LogP contribution in [-0.4, -0.2) is 28.2 Å². The summed E-state index contributed by atoms with van der Waals surface area (Å²) in [6.45, 7) is 0.687. The van der Waals surface area contributed by atoms with Crippen molar-refractivity contribution in [1.29, 1.82) is 0 Å². The van der Waals surface area contributed by atoms with Crippen molar-refractivity contribution in [3.8, 4) is 0 Å². The minimum atomic E-state index is -0.460. The minimum absolute atomic E-state index is 0.0191. The van der Waals surface area contributed by atoms with Gasteiger partial charge in [0, 0.05) is 37.0 Å². The highest BCUT2D eigenvalue weighted by atomic mass is 35.5. The third kappa shape index (κ3) is 4.06. The van der Waals surface area contributed by atoms with Crippen LogP contribution in [0.15, 0.2) is 36.5 Å². The van der Waals surface area contributed by atoms with Crippen molar-refractivity contribution in [2.24, 2.45) is 0 Å². The number of pyridine rings is 1. The van der Waals surface area contributed by atoms with Crippen LogP contribution in [0.4, 0.5) is 17.1 Å². The van der Waals surface area contributed by atoms with Gasteiger partial charge in [-0.15, -0.1) is 0 Å². The second-order valence-electron chi connectivity index (χ2n) is 4.44. The predicted molar refractivity (Wildman–Crippen MR) is 85.2 cm³/mol. The molecule has 1 heterocycles. The summed E-state index contributed by atoms with van der Waals surface area (Å²) in [5.74, 6) is 0. The highest BCUT2D eigenvalue weighted by Crippen LogP contribution is 2.28. The number of rotatable bonds is 7. The van der Waals surface area contributed by atoms with E-state index >= 15 is 0 Å². The number of aromatic nitrogens is 1. The molecule has 8 heteroatoms. The van der Waals surface area contributed by atoms with Crippen molar-refractivity contribution in [3.63, 3.8) is 0 Å². The van der Waals surface area contributed by atoms with Crippen LogP contribution in [-0.2, 0) is 6.54 Å². The number of nitro benzene ring substituents is 1. The summed E-state index contributed by atoms with van der Waals surface area (Å²) in [7, 11) is 0. The van der Waals surface area contributed by atoms with E-state index in [2.05, 4.69) is 15.6 Å². The molecule has 0 atom stereocenters. The van der Waals surface area contributed by atoms with Crippen LogP contribution in [0.25, 0.3) is 0 Å². The molecule has 1 aromatic carbocycles. The summed E-state index contributed by atoms with van der Waals surface area (Å²) < 4.78 is 0. The van der Waals surface area contributed by atoms with Gasteiger partial charge in [-0.3, -0.25) is 10.1 Å². The molecule has 0 aliphatic heterocycles. The fourth-order valence-electron chi connectivity index (χ4n) is 1.88. The van der Waals surface area contributed by atoms with Gasteiger partial charge in [0.15, 0.2) is 0 Å². The summed E-state index contributed by atoms with van der Waals surface area (Å²) in [4.78, 5) is 14.4. The molecular weight excluding hydrogens is 308 g/mol. The van der Waals surface area contributed by atoms with E-state index < -0.39 is 4.92 Å². The van der Waals surface area contributed by atoms with Crippen LogP contribution in [0.5, 0.6) is 0 Å². The van der Waals surface area contributed by atoms with Crippen LogP contribution in [0.1, 0.15) is 5.56 Å². The molecule has 0 bridgehead atoms. The van der Waals surface area contributed by atoms with Crippen molar-refractivity contribution in [2.45, 2.75) is 6.54 Å². The lowest BCUT2D eigenvalue weighted by atomic mass is 10.2. The molecule has 0 fully saturated rings. The van der Waals surface area contributed by atoms with E-state index in [1.54, 1.807) is 18.3 Å². The van der Waals surface area contributed by atoms with E-state index in [9.17, 15) is 10.1 Å². The number of hydrogen-bond acceptors (Lipinski definition) is 6. The maximum Gasteiger partial charge on any atom is 0.271 e. The number of halogens is 1. The molecule has 7 nitrogen and oxygen atoms in total.